The quantitative estimate of drug-likeness (QED) is 0.357. The Labute approximate surface area is 199 Å². The third-order valence-electron chi connectivity index (χ3n) is 6.66. The molecule has 0 spiro atoms. The number of carbonyl (C=O) groups is 2. The molecule has 2 aromatic rings. The van der Waals surface area contributed by atoms with Gasteiger partial charge in [-0.3, -0.25) is 9.59 Å². The highest BCUT2D eigenvalue weighted by Gasteiger charge is 2.45. The summed E-state index contributed by atoms with van der Waals surface area (Å²) in [6.07, 6.45) is 1.43. The van der Waals surface area contributed by atoms with E-state index in [4.69, 9.17) is 4.74 Å². The monoisotopic (exact) mass is 466 g/mol. The highest BCUT2D eigenvalue weighted by atomic mass is 19.1. The van der Waals surface area contributed by atoms with Gasteiger partial charge in [0.25, 0.3) is 11.7 Å². The molecular formula is C27H31FN2O4. The average Bonchev–Trinajstić information content (AvgIpc) is 3.32. The third-order valence-corrected chi connectivity index (χ3v) is 6.66. The first-order valence-corrected chi connectivity index (χ1v) is 11.9. The number of rotatable bonds is 8. The van der Waals surface area contributed by atoms with Crippen LogP contribution in [0.4, 0.5) is 4.39 Å². The van der Waals surface area contributed by atoms with Crippen molar-refractivity contribution in [2.45, 2.75) is 45.8 Å². The van der Waals surface area contributed by atoms with E-state index < -0.39 is 23.5 Å². The fourth-order valence-corrected chi connectivity index (χ4v) is 4.83. The predicted molar refractivity (Wildman–Crippen MR) is 128 cm³/mol. The summed E-state index contributed by atoms with van der Waals surface area (Å²) in [5.74, 6) is -1.24. The lowest BCUT2D eigenvalue weighted by molar-refractivity contribution is -0.140. The number of hydrogen-bond acceptors (Lipinski definition) is 5. The van der Waals surface area contributed by atoms with Gasteiger partial charge in [-0.05, 0) is 74.4 Å². The van der Waals surface area contributed by atoms with Crippen molar-refractivity contribution in [1.82, 2.24) is 9.80 Å². The second-order valence-electron chi connectivity index (χ2n) is 8.88. The van der Waals surface area contributed by atoms with E-state index >= 15 is 0 Å². The highest BCUT2D eigenvalue weighted by Crippen LogP contribution is 2.40. The first-order valence-electron chi connectivity index (χ1n) is 11.9. The molecule has 0 aromatic heterocycles. The summed E-state index contributed by atoms with van der Waals surface area (Å²) >= 11 is 0. The van der Waals surface area contributed by atoms with Crippen LogP contribution >= 0.6 is 0 Å². The maximum atomic E-state index is 13.6. The van der Waals surface area contributed by atoms with Gasteiger partial charge in [-0.25, -0.2) is 4.39 Å². The number of Topliss-reactive ketones (excluding diaryl/α,β-unsaturated/α-hetero) is 1. The van der Waals surface area contributed by atoms with Gasteiger partial charge in [0, 0.05) is 18.5 Å². The number of benzene rings is 2. The number of carbonyl (C=O) groups excluding carboxylic acids is 2. The molecule has 0 unspecified atom stereocenters. The molecule has 180 valence electrons. The van der Waals surface area contributed by atoms with E-state index in [1.807, 2.05) is 13.0 Å². The molecular weight excluding hydrogens is 435 g/mol. The second kappa shape index (κ2) is 9.97. The summed E-state index contributed by atoms with van der Waals surface area (Å²) in [7, 11) is 0. The SMILES string of the molecule is CCN(CC)CCCN1C(=O)C(=O)C(=C(O)c2ccc3c(c2)C[C@@H](C)O3)[C@@H]1c1ccc(F)cc1. The molecule has 2 aliphatic heterocycles. The van der Waals surface area contributed by atoms with E-state index in [0.29, 0.717) is 30.5 Å². The lowest BCUT2D eigenvalue weighted by Gasteiger charge is -2.26. The molecule has 34 heavy (non-hydrogen) atoms. The summed E-state index contributed by atoms with van der Waals surface area (Å²) in [6.45, 7) is 9.07. The maximum Gasteiger partial charge on any atom is 0.295 e. The van der Waals surface area contributed by atoms with E-state index in [0.717, 1.165) is 30.9 Å². The molecule has 0 aliphatic carbocycles. The summed E-state index contributed by atoms with van der Waals surface area (Å²) in [5, 5.41) is 11.3. The van der Waals surface area contributed by atoms with Crippen molar-refractivity contribution in [3.8, 4) is 5.75 Å². The Kier molecular flexibility index (Phi) is 7.03. The minimum absolute atomic E-state index is 0.0337. The van der Waals surface area contributed by atoms with E-state index in [9.17, 15) is 19.1 Å². The van der Waals surface area contributed by atoms with Gasteiger partial charge in [0.2, 0.25) is 0 Å². The van der Waals surface area contributed by atoms with Crippen LogP contribution < -0.4 is 4.74 Å². The Morgan fingerprint density at radius 3 is 2.53 bits per heavy atom. The van der Waals surface area contributed by atoms with Crippen LogP contribution in [0.25, 0.3) is 5.76 Å². The average molecular weight is 467 g/mol. The number of aliphatic hydroxyl groups excluding tert-OH is 1. The van der Waals surface area contributed by atoms with Crippen molar-refractivity contribution >= 4 is 17.4 Å². The molecule has 1 fully saturated rings. The number of aliphatic hydroxyl groups is 1. The maximum absolute atomic E-state index is 13.6. The number of halogens is 1. The molecule has 7 heteroatoms. The first kappa shape index (κ1) is 24.0. The lowest BCUT2D eigenvalue weighted by atomic mass is 9.94. The number of ketones is 1. The zero-order valence-electron chi connectivity index (χ0n) is 19.9. The number of hydrogen-bond donors (Lipinski definition) is 1. The van der Waals surface area contributed by atoms with E-state index in [1.165, 1.54) is 17.0 Å². The van der Waals surface area contributed by atoms with Crippen molar-refractivity contribution < 1.29 is 23.8 Å². The van der Waals surface area contributed by atoms with Gasteiger partial charge in [-0.1, -0.05) is 26.0 Å². The largest absolute Gasteiger partial charge is 0.507 e. The van der Waals surface area contributed by atoms with Crippen molar-refractivity contribution in [2.75, 3.05) is 26.2 Å². The molecule has 4 rings (SSSR count). The molecule has 2 aliphatic rings. The number of fused-ring (bicyclic) bond motifs is 1. The number of nitrogens with zero attached hydrogens (tertiary/aromatic N) is 2. The van der Waals surface area contributed by atoms with Crippen LogP contribution in [0.3, 0.4) is 0 Å². The molecule has 1 amide bonds. The standard InChI is InChI=1S/C27H31FN2O4/c1-4-29(5-2)13-6-14-30-24(18-7-10-21(28)11-8-18)23(26(32)27(30)33)25(31)19-9-12-22-20(16-19)15-17(3)34-22/h7-12,16-17,24,31H,4-6,13-15H2,1-3H3/t17-,24+/m1/s1. The van der Waals surface area contributed by atoms with Crippen LogP contribution in [0.1, 0.15) is 49.9 Å². The topological polar surface area (TPSA) is 70.1 Å². The molecule has 0 saturated carbocycles. The molecule has 2 aromatic carbocycles. The lowest BCUT2D eigenvalue weighted by Crippen LogP contribution is -2.33. The van der Waals surface area contributed by atoms with Gasteiger partial charge in [-0.15, -0.1) is 0 Å². The van der Waals surface area contributed by atoms with E-state index in [2.05, 4.69) is 18.7 Å². The molecule has 0 bridgehead atoms. The number of ether oxygens (including phenoxy) is 1. The van der Waals surface area contributed by atoms with Gasteiger partial charge < -0.3 is 19.6 Å². The fourth-order valence-electron chi connectivity index (χ4n) is 4.83. The third kappa shape index (κ3) is 4.57. The second-order valence-corrected chi connectivity index (χ2v) is 8.88. The molecule has 1 N–H and O–H groups in total. The van der Waals surface area contributed by atoms with Crippen LogP contribution in [0, 0.1) is 5.82 Å². The Morgan fingerprint density at radius 2 is 1.85 bits per heavy atom. The van der Waals surface area contributed by atoms with E-state index in [-0.39, 0.29) is 17.4 Å². The number of likely N-dealkylation sites (tertiary alicyclic amines) is 1. The highest BCUT2D eigenvalue weighted by molar-refractivity contribution is 6.46. The zero-order chi connectivity index (χ0) is 24.4. The predicted octanol–water partition coefficient (Wildman–Crippen LogP) is 4.30. The Hall–Kier alpha value is -3.19. The van der Waals surface area contributed by atoms with Gasteiger partial charge in [-0.2, -0.15) is 0 Å². The summed E-state index contributed by atoms with van der Waals surface area (Å²) in [5.41, 5.74) is 2.03. The Balaban J connectivity index is 1.72. The molecule has 2 atom stereocenters. The van der Waals surface area contributed by atoms with Crippen LogP contribution in [0.15, 0.2) is 48.0 Å². The Bertz CT molecular complexity index is 1110. The van der Waals surface area contributed by atoms with Crippen molar-refractivity contribution in [1.29, 1.82) is 0 Å². The van der Waals surface area contributed by atoms with Crippen LogP contribution in [-0.4, -0.2) is 58.9 Å². The molecule has 1 saturated heterocycles. The minimum atomic E-state index is -0.777. The van der Waals surface area contributed by atoms with Crippen molar-refractivity contribution in [3.05, 3.63) is 70.5 Å². The summed E-state index contributed by atoms with van der Waals surface area (Å²) < 4.78 is 19.4. The normalized spacial score (nSPS) is 21.3. The molecule has 0 radical (unpaired) electrons. The van der Waals surface area contributed by atoms with Gasteiger partial charge in [0.1, 0.15) is 23.4 Å². The van der Waals surface area contributed by atoms with Gasteiger partial charge >= 0.3 is 0 Å². The Morgan fingerprint density at radius 1 is 1.15 bits per heavy atom. The number of amides is 1. The van der Waals surface area contributed by atoms with Crippen LogP contribution in [-0.2, 0) is 16.0 Å². The van der Waals surface area contributed by atoms with E-state index in [1.54, 1.807) is 24.3 Å². The fraction of sp³-hybridized carbons (Fsp3) is 0.407. The van der Waals surface area contributed by atoms with Gasteiger partial charge in [0.05, 0.1) is 11.6 Å². The minimum Gasteiger partial charge on any atom is -0.507 e. The molecule has 2 heterocycles. The van der Waals surface area contributed by atoms with Crippen LogP contribution in [0.5, 0.6) is 5.75 Å². The van der Waals surface area contributed by atoms with Gasteiger partial charge in [0.15, 0.2) is 0 Å². The smallest absolute Gasteiger partial charge is 0.295 e. The van der Waals surface area contributed by atoms with Crippen molar-refractivity contribution in [2.24, 2.45) is 0 Å². The van der Waals surface area contributed by atoms with Crippen molar-refractivity contribution in [3.63, 3.8) is 0 Å². The zero-order valence-corrected chi connectivity index (χ0v) is 19.9. The van der Waals surface area contributed by atoms with Crippen LogP contribution in [0.2, 0.25) is 0 Å². The summed E-state index contributed by atoms with van der Waals surface area (Å²) in [6, 6.07) is 10.2. The first-order chi connectivity index (χ1) is 16.3. The molecule has 6 nitrogen and oxygen atoms in total. The summed E-state index contributed by atoms with van der Waals surface area (Å²) in [4.78, 5) is 30.0.